The van der Waals surface area contributed by atoms with Crippen molar-refractivity contribution in [2.24, 2.45) is 12.8 Å². The largest absolute Gasteiger partial charge is 0.497 e. The van der Waals surface area contributed by atoms with E-state index in [-0.39, 0.29) is 12.1 Å². The van der Waals surface area contributed by atoms with Crippen LogP contribution in [0.4, 0.5) is 0 Å². The lowest BCUT2D eigenvalue weighted by Gasteiger charge is -2.16. The number of ether oxygens (including phenoxy) is 2. The zero-order valence-corrected chi connectivity index (χ0v) is 12.8. The van der Waals surface area contributed by atoms with Crippen LogP contribution in [0.3, 0.4) is 0 Å². The number of aromatic nitrogens is 1. The van der Waals surface area contributed by atoms with Crippen LogP contribution in [0.5, 0.6) is 11.5 Å². The number of aryl methyl sites for hydroxylation is 1. The van der Waals surface area contributed by atoms with Crippen LogP contribution < -0.4 is 20.8 Å². The maximum absolute atomic E-state index is 12.4. The molecule has 0 aliphatic heterocycles. The van der Waals surface area contributed by atoms with E-state index in [9.17, 15) is 4.79 Å². The third kappa shape index (κ3) is 2.64. The molecule has 0 radical (unpaired) electrons. The highest BCUT2D eigenvalue weighted by Crippen LogP contribution is 2.33. The van der Waals surface area contributed by atoms with Crippen LogP contribution >= 0.6 is 0 Å². The standard InChI is InChI=1S/C16H20N2O3/c1-10-7-14(18(2)16(19)13(10)9-17)12-6-5-11(20-3)8-15(12)21-4/h5-8H,9,17H2,1-4H3. The van der Waals surface area contributed by atoms with Gasteiger partial charge in [0.1, 0.15) is 11.5 Å². The van der Waals surface area contributed by atoms with Crippen molar-refractivity contribution in [1.82, 2.24) is 4.57 Å². The molecule has 5 heteroatoms. The lowest BCUT2D eigenvalue weighted by Crippen LogP contribution is -2.25. The van der Waals surface area contributed by atoms with E-state index < -0.39 is 0 Å². The SMILES string of the molecule is COc1ccc(-c2cc(C)c(CN)c(=O)n2C)c(OC)c1. The van der Waals surface area contributed by atoms with Gasteiger partial charge < -0.3 is 19.8 Å². The summed E-state index contributed by atoms with van der Waals surface area (Å²) >= 11 is 0. The third-order valence-corrected chi connectivity index (χ3v) is 3.64. The van der Waals surface area contributed by atoms with Crippen LogP contribution in [0.15, 0.2) is 29.1 Å². The second kappa shape index (κ2) is 6.01. The molecule has 2 N–H and O–H groups in total. The number of rotatable bonds is 4. The molecular weight excluding hydrogens is 268 g/mol. The molecule has 0 bridgehead atoms. The van der Waals surface area contributed by atoms with Gasteiger partial charge in [0.2, 0.25) is 0 Å². The number of nitrogens with zero attached hydrogens (tertiary/aromatic N) is 1. The summed E-state index contributed by atoms with van der Waals surface area (Å²) in [7, 11) is 4.93. The number of benzene rings is 1. The summed E-state index contributed by atoms with van der Waals surface area (Å²) in [5.74, 6) is 1.36. The van der Waals surface area contributed by atoms with E-state index in [2.05, 4.69) is 0 Å². The summed E-state index contributed by atoms with van der Waals surface area (Å²) in [6, 6.07) is 7.47. The van der Waals surface area contributed by atoms with Crippen molar-refractivity contribution < 1.29 is 9.47 Å². The Labute approximate surface area is 123 Å². The van der Waals surface area contributed by atoms with E-state index >= 15 is 0 Å². The molecule has 0 saturated heterocycles. The minimum Gasteiger partial charge on any atom is -0.497 e. The number of methoxy groups -OCH3 is 2. The van der Waals surface area contributed by atoms with Gasteiger partial charge in [0, 0.05) is 30.8 Å². The fraction of sp³-hybridized carbons (Fsp3) is 0.312. The van der Waals surface area contributed by atoms with Gasteiger partial charge in [-0.3, -0.25) is 4.79 Å². The fourth-order valence-electron chi connectivity index (χ4n) is 2.39. The molecule has 1 heterocycles. The van der Waals surface area contributed by atoms with Crippen molar-refractivity contribution in [3.05, 3.63) is 45.7 Å². The highest BCUT2D eigenvalue weighted by Gasteiger charge is 2.14. The quantitative estimate of drug-likeness (QED) is 0.932. The Hall–Kier alpha value is -2.27. The van der Waals surface area contributed by atoms with Crippen molar-refractivity contribution in [1.29, 1.82) is 0 Å². The molecule has 0 fully saturated rings. The Morgan fingerprint density at radius 3 is 2.48 bits per heavy atom. The number of hydrogen-bond donors (Lipinski definition) is 1. The summed E-state index contributed by atoms with van der Waals surface area (Å²) < 4.78 is 12.2. The fourth-order valence-corrected chi connectivity index (χ4v) is 2.39. The van der Waals surface area contributed by atoms with Gasteiger partial charge >= 0.3 is 0 Å². The topological polar surface area (TPSA) is 66.5 Å². The number of hydrogen-bond acceptors (Lipinski definition) is 4. The second-order valence-electron chi connectivity index (χ2n) is 4.83. The monoisotopic (exact) mass is 288 g/mol. The molecule has 1 aromatic heterocycles. The van der Waals surface area contributed by atoms with Gasteiger partial charge in [0.15, 0.2) is 0 Å². The predicted octanol–water partition coefficient (Wildman–Crippen LogP) is 1.84. The Kier molecular flexibility index (Phi) is 4.33. The van der Waals surface area contributed by atoms with E-state index in [0.29, 0.717) is 17.1 Å². The molecule has 1 aromatic carbocycles. The maximum atomic E-state index is 12.4. The van der Waals surface area contributed by atoms with Gasteiger partial charge in [-0.2, -0.15) is 0 Å². The van der Waals surface area contributed by atoms with Crippen LogP contribution in [0.2, 0.25) is 0 Å². The molecule has 0 atom stereocenters. The van der Waals surface area contributed by atoms with E-state index in [1.54, 1.807) is 31.9 Å². The van der Waals surface area contributed by atoms with E-state index in [1.165, 1.54) is 0 Å². The highest BCUT2D eigenvalue weighted by molar-refractivity contribution is 5.69. The molecule has 0 amide bonds. The summed E-state index contributed by atoms with van der Waals surface area (Å²) in [5.41, 5.74) is 8.71. The Morgan fingerprint density at radius 2 is 1.90 bits per heavy atom. The molecule has 112 valence electrons. The molecule has 0 unspecified atom stereocenters. The molecule has 0 saturated carbocycles. The molecule has 0 aliphatic rings. The predicted molar refractivity (Wildman–Crippen MR) is 82.9 cm³/mol. The Morgan fingerprint density at radius 1 is 1.19 bits per heavy atom. The third-order valence-electron chi connectivity index (χ3n) is 3.64. The first-order valence-corrected chi connectivity index (χ1v) is 6.65. The Bertz CT molecular complexity index is 720. The van der Waals surface area contributed by atoms with Crippen molar-refractivity contribution in [2.45, 2.75) is 13.5 Å². The first kappa shape index (κ1) is 15.1. The molecule has 0 aliphatic carbocycles. The van der Waals surface area contributed by atoms with Gasteiger partial charge in [0.05, 0.1) is 19.9 Å². The molecule has 2 rings (SSSR count). The molecule has 5 nitrogen and oxygen atoms in total. The van der Waals surface area contributed by atoms with Gasteiger partial charge in [-0.15, -0.1) is 0 Å². The van der Waals surface area contributed by atoms with Crippen LogP contribution in [0, 0.1) is 6.92 Å². The van der Waals surface area contributed by atoms with Gasteiger partial charge in [0.25, 0.3) is 5.56 Å². The van der Waals surface area contributed by atoms with Crippen LogP contribution in [0.25, 0.3) is 11.3 Å². The summed E-state index contributed by atoms with van der Waals surface area (Å²) in [5, 5.41) is 0. The lowest BCUT2D eigenvalue weighted by molar-refractivity contribution is 0.395. The average Bonchev–Trinajstić information content (AvgIpc) is 2.50. The summed E-state index contributed by atoms with van der Waals surface area (Å²) in [4.78, 5) is 12.4. The molecule has 2 aromatic rings. The van der Waals surface area contributed by atoms with E-state index in [0.717, 1.165) is 16.8 Å². The van der Waals surface area contributed by atoms with Crippen molar-refractivity contribution in [2.75, 3.05) is 14.2 Å². The highest BCUT2D eigenvalue weighted by atomic mass is 16.5. The van der Waals surface area contributed by atoms with E-state index in [4.69, 9.17) is 15.2 Å². The van der Waals surface area contributed by atoms with Crippen LogP contribution in [-0.2, 0) is 13.6 Å². The normalized spacial score (nSPS) is 10.5. The van der Waals surface area contributed by atoms with Gasteiger partial charge in [-0.25, -0.2) is 0 Å². The minimum atomic E-state index is -0.0784. The molecule has 21 heavy (non-hydrogen) atoms. The zero-order valence-electron chi connectivity index (χ0n) is 12.8. The number of pyridine rings is 1. The first-order valence-electron chi connectivity index (χ1n) is 6.65. The smallest absolute Gasteiger partial charge is 0.255 e. The van der Waals surface area contributed by atoms with Crippen molar-refractivity contribution >= 4 is 0 Å². The lowest BCUT2D eigenvalue weighted by atomic mass is 10.0. The summed E-state index contributed by atoms with van der Waals surface area (Å²) in [6.07, 6.45) is 0. The second-order valence-corrected chi connectivity index (χ2v) is 4.83. The summed E-state index contributed by atoms with van der Waals surface area (Å²) in [6.45, 7) is 2.13. The first-order chi connectivity index (χ1) is 10.0. The molecule has 0 spiro atoms. The molecular formula is C16H20N2O3. The Balaban J connectivity index is 2.70. The van der Waals surface area contributed by atoms with Gasteiger partial charge in [-0.1, -0.05) is 0 Å². The maximum Gasteiger partial charge on any atom is 0.255 e. The van der Waals surface area contributed by atoms with Crippen LogP contribution in [0.1, 0.15) is 11.1 Å². The van der Waals surface area contributed by atoms with Crippen molar-refractivity contribution in [3.8, 4) is 22.8 Å². The zero-order chi connectivity index (χ0) is 15.6. The van der Waals surface area contributed by atoms with Crippen LogP contribution in [-0.4, -0.2) is 18.8 Å². The minimum absolute atomic E-state index is 0.0784. The van der Waals surface area contributed by atoms with Crippen molar-refractivity contribution in [3.63, 3.8) is 0 Å². The van der Waals surface area contributed by atoms with Gasteiger partial charge in [-0.05, 0) is 30.7 Å². The average molecular weight is 288 g/mol. The number of nitrogens with two attached hydrogens (primary N) is 1. The van der Waals surface area contributed by atoms with E-state index in [1.807, 2.05) is 25.1 Å².